The van der Waals surface area contributed by atoms with Crippen LogP contribution in [0.2, 0.25) is 5.02 Å². The summed E-state index contributed by atoms with van der Waals surface area (Å²) >= 11 is 9.24. The number of benzene rings is 1. The lowest BCUT2D eigenvalue weighted by Crippen LogP contribution is -2.36. The third kappa shape index (κ3) is 2.52. The maximum Gasteiger partial charge on any atom is 0.265 e. The van der Waals surface area contributed by atoms with Crippen LogP contribution >= 0.6 is 27.5 Å². The van der Waals surface area contributed by atoms with Crippen LogP contribution < -0.4 is 5.56 Å². The van der Waals surface area contributed by atoms with E-state index in [1.165, 1.54) is 13.8 Å². The van der Waals surface area contributed by atoms with Crippen LogP contribution in [0.15, 0.2) is 27.7 Å². The molecule has 0 saturated heterocycles. The summed E-state index contributed by atoms with van der Waals surface area (Å²) < 4.78 is 15.3. The van der Waals surface area contributed by atoms with Gasteiger partial charge in [0, 0.05) is 4.47 Å². The van der Waals surface area contributed by atoms with Gasteiger partial charge in [-0.2, -0.15) is 0 Å². The molecule has 0 radical (unpaired) electrons. The van der Waals surface area contributed by atoms with Crippen molar-refractivity contribution in [2.24, 2.45) is 0 Å². The van der Waals surface area contributed by atoms with Crippen molar-refractivity contribution in [3.05, 3.63) is 38.3 Å². The highest BCUT2D eigenvalue weighted by molar-refractivity contribution is 9.10. The molecule has 102 valence electrons. The van der Waals surface area contributed by atoms with Crippen molar-refractivity contribution in [2.45, 2.75) is 25.7 Å². The minimum absolute atomic E-state index is 0.116. The summed E-state index contributed by atoms with van der Waals surface area (Å²) in [6.07, 6.45) is -0.843. The first-order valence-electron chi connectivity index (χ1n) is 5.45. The summed E-state index contributed by atoms with van der Waals surface area (Å²) in [6.45, 7) is 2.55. The van der Waals surface area contributed by atoms with Gasteiger partial charge in [0.2, 0.25) is 6.30 Å². The lowest BCUT2D eigenvalue weighted by atomic mass is 10.1. The highest BCUT2D eigenvalue weighted by atomic mass is 79.9. The van der Waals surface area contributed by atoms with E-state index in [1.54, 1.807) is 12.1 Å². The Labute approximate surface area is 122 Å². The van der Waals surface area contributed by atoms with Crippen molar-refractivity contribution in [1.82, 2.24) is 9.55 Å². The van der Waals surface area contributed by atoms with Gasteiger partial charge in [-0.1, -0.05) is 11.6 Å². The van der Waals surface area contributed by atoms with E-state index < -0.39 is 17.5 Å². The first-order chi connectivity index (χ1) is 8.73. The quantitative estimate of drug-likeness (QED) is 0.906. The molecule has 0 aliphatic rings. The van der Waals surface area contributed by atoms with Crippen molar-refractivity contribution in [1.29, 1.82) is 0 Å². The zero-order valence-corrected chi connectivity index (χ0v) is 12.5. The van der Waals surface area contributed by atoms with Crippen LogP contribution in [0.1, 0.15) is 20.1 Å². The number of fused-ring (bicyclic) bond motifs is 1. The van der Waals surface area contributed by atoms with Gasteiger partial charge in [0.1, 0.15) is 11.9 Å². The van der Waals surface area contributed by atoms with Crippen LogP contribution in [0.5, 0.6) is 0 Å². The molecule has 0 amide bonds. The fourth-order valence-corrected chi connectivity index (χ4v) is 2.23. The number of nitrogens with zero attached hydrogens (tertiary/aromatic N) is 2. The van der Waals surface area contributed by atoms with Crippen molar-refractivity contribution in [3.63, 3.8) is 0 Å². The van der Waals surface area contributed by atoms with Gasteiger partial charge in [-0.05, 0) is 41.9 Å². The highest BCUT2D eigenvalue weighted by Crippen LogP contribution is 2.29. The molecular formula is C12H11BrClFN2O2. The standard InChI is InChI=1S/C12H11BrClFN2O2/c1-12(2,19)11(15)17-5-16-7-4-3-6(13)9(14)8(7)10(17)18/h3-5,11,19H,1-2H3. The monoisotopic (exact) mass is 348 g/mol. The second-order valence-corrected chi connectivity index (χ2v) is 5.93. The van der Waals surface area contributed by atoms with Crippen molar-refractivity contribution >= 4 is 38.4 Å². The molecule has 0 spiro atoms. The van der Waals surface area contributed by atoms with Crippen LogP contribution in [-0.2, 0) is 0 Å². The fraction of sp³-hybridized carbons (Fsp3) is 0.333. The minimum atomic E-state index is -1.91. The van der Waals surface area contributed by atoms with Gasteiger partial charge in [0.15, 0.2) is 0 Å². The third-order valence-electron chi connectivity index (χ3n) is 2.67. The average Bonchev–Trinajstić information content (AvgIpc) is 2.32. The van der Waals surface area contributed by atoms with Gasteiger partial charge < -0.3 is 5.11 Å². The first kappa shape index (κ1) is 14.4. The molecule has 0 bridgehead atoms. The Morgan fingerprint density at radius 3 is 2.74 bits per heavy atom. The summed E-state index contributed by atoms with van der Waals surface area (Å²) in [5.74, 6) is 0. The van der Waals surface area contributed by atoms with Crippen LogP contribution in [0.3, 0.4) is 0 Å². The number of rotatable bonds is 2. The summed E-state index contributed by atoms with van der Waals surface area (Å²) in [5.41, 5.74) is -1.96. The maximum atomic E-state index is 14.1. The lowest BCUT2D eigenvalue weighted by Gasteiger charge is -2.23. The topological polar surface area (TPSA) is 55.1 Å². The van der Waals surface area contributed by atoms with Gasteiger partial charge in [-0.3, -0.25) is 9.36 Å². The fourth-order valence-electron chi connectivity index (χ4n) is 1.66. The van der Waals surface area contributed by atoms with Crippen molar-refractivity contribution < 1.29 is 9.50 Å². The molecule has 1 unspecified atom stereocenters. The maximum absolute atomic E-state index is 14.1. The summed E-state index contributed by atoms with van der Waals surface area (Å²) in [7, 11) is 0. The Morgan fingerprint density at radius 1 is 1.53 bits per heavy atom. The zero-order valence-electron chi connectivity index (χ0n) is 10.2. The molecule has 1 N–H and O–H groups in total. The van der Waals surface area contributed by atoms with Crippen LogP contribution in [0, 0.1) is 0 Å². The number of aliphatic hydroxyl groups is 1. The first-order valence-corrected chi connectivity index (χ1v) is 6.62. The van der Waals surface area contributed by atoms with E-state index in [-0.39, 0.29) is 10.4 Å². The Bertz CT molecular complexity index is 696. The van der Waals surface area contributed by atoms with E-state index in [9.17, 15) is 14.3 Å². The highest BCUT2D eigenvalue weighted by Gasteiger charge is 2.29. The summed E-state index contributed by atoms with van der Waals surface area (Å²) in [4.78, 5) is 16.2. The smallest absolute Gasteiger partial charge is 0.265 e. The number of alkyl halides is 1. The van der Waals surface area contributed by atoms with Gasteiger partial charge in [0.05, 0.1) is 15.9 Å². The Kier molecular flexibility index (Phi) is 3.68. The second-order valence-electron chi connectivity index (χ2n) is 4.70. The largest absolute Gasteiger partial charge is 0.385 e. The van der Waals surface area contributed by atoms with Gasteiger partial charge in [-0.15, -0.1) is 0 Å². The van der Waals surface area contributed by atoms with E-state index in [0.29, 0.717) is 9.99 Å². The van der Waals surface area contributed by atoms with E-state index in [0.717, 1.165) is 10.9 Å². The molecule has 4 nitrogen and oxygen atoms in total. The van der Waals surface area contributed by atoms with Crippen LogP contribution in [0.4, 0.5) is 4.39 Å². The number of hydrogen-bond acceptors (Lipinski definition) is 3. The normalized spacial score (nSPS) is 13.8. The third-order valence-corrected chi connectivity index (χ3v) is 3.95. The molecule has 19 heavy (non-hydrogen) atoms. The number of hydrogen-bond donors (Lipinski definition) is 1. The number of halogens is 3. The predicted octanol–water partition coefficient (Wildman–Crippen LogP) is 3.05. The van der Waals surface area contributed by atoms with E-state index in [4.69, 9.17) is 11.6 Å². The molecule has 1 atom stereocenters. The molecule has 0 fully saturated rings. The summed E-state index contributed by atoms with van der Waals surface area (Å²) in [5, 5.41) is 9.94. The second kappa shape index (κ2) is 4.85. The van der Waals surface area contributed by atoms with Crippen LogP contribution in [-0.4, -0.2) is 20.3 Å². The molecule has 1 heterocycles. The molecular weight excluding hydrogens is 338 g/mol. The zero-order chi connectivity index (χ0) is 14.4. The molecule has 7 heteroatoms. The summed E-state index contributed by atoms with van der Waals surface area (Å²) in [6, 6.07) is 3.26. The molecule has 1 aromatic carbocycles. The van der Waals surface area contributed by atoms with Crippen molar-refractivity contribution in [3.8, 4) is 0 Å². The lowest BCUT2D eigenvalue weighted by molar-refractivity contribution is -0.0419. The SMILES string of the molecule is CC(C)(O)C(F)n1cnc2ccc(Br)c(Cl)c2c1=O. The number of aromatic nitrogens is 2. The molecule has 0 aliphatic heterocycles. The van der Waals surface area contributed by atoms with E-state index >= 15 is 0 Å². The van der Waals surface area contributed by atoms with Crippen LogP contribution in [0.25, 0.3) is 10.9 Å². The Morgan fingerprint density at radius 2 is 2.16 bits per heavy atom. The van der Waals surface area contributed by atoms with Gasteiger partial charge in [-0.25, -0.2) is 9.37 Å². The molecule has 0 aliphatic carbocycles. The van der Waals surface area contributed by atoms with E-state index in [2.05, 4.69) is 20.9 Å². The van der Waals surface area contributed by atoms with Gasteiger partial charge >= 0.3 is 0 Å². The van der Waals surface area contributed by atoms with Crippen molar-refractivity contribution in [2.75, 3.05) is 0 Å². The van der Waals surface area contributed by atoms with E-state index in [1.807, 2.05) is 0 Å². The molecule has 1 aromatic heterocycles. The molecule has 2 aromatic rings. The van der Waals surface area contributed by atoms with Gasteiger partial charge in [0.25, 0.3) is 5.56 Å². The molecule has 2 rings (SSSR count). The predicted molar refractivity (Wildman–Crippen MR) is 75.2 cm³/mol. The average molecular weight is 350 g/mol. The Hall–Kier alpha value is -0.980. The Balaban J connectivity index is 2.78. The minimum Gasteiger partial charge on any atom is -0.385 e. The molecule has 0 saturated carbocycles.